The number of aromatic nitrogens is 1. The molecule has 0 saturated carbocycles. The molecule has 1 aliphatic rings. The molecule has 162 valence electrons. The molecule has 3 rings (SSSR count). The maximum atomic E-state index is 12.6. The number of nitrogens with zero attached hydrogens (tertiary/aromatic N) is 3. The van der Waals surface area contributed by atoms with Gasteiger partial charge in [0.1, 0.15) is 5.82 Å². The van der Waals surface area contributed by atoms with E-state index in [2.05, 4.69) is 36.0 Å². The second-order valence-electron chi connectivity index (χ2n) is 7.26. The summed E-state index contributed by atoms with van der Waals surface area (Å²) in [5, 5.41) is 3.06. The fourth-order valence-electron chi connectivity index (χ4n) is 3.57. The minimum Gasteiger partial charge on any atom is -0.493 e. The Balaban J connectivity index is 1.44. The van der Waals surface area contributed by atoms with E-state index in [0.29, 0.717) is 18.0 Å². The smallest absolute Gasteiger partial charge is 0.237 e. The summed E-state index contributed by atoms with van der Waals surface area (Å²) in [6, 6.07) is 9.69. The van der Waals surface area contributed by atoms with Gasteiger partial charge in [0.05, 0.1) is 20.3 Å². The molecule has 2 heterocycles. The van der Waals surface area contributed by atoms with Crippen LogP contribution in [0.1, 0.15) is 12.5 Å². The van der Waals surface area contributed by atoms with Crippen LogP contribution in [0.5, 0.6) is 11.5 Å². The SMILES string of the molecule is COc1ccc(CCNC(=O)C(C)N2CCN(c3ccc(Br)cn3)CC2)cc1OC. The molecule has 1 aliphatic heterocycles. The maximum absolute atomic E-state index is 12.6. The third-order valence-corrected chi connectivity index (χ3v) is 5.91. The van der Waals surface area contributed by atoms with E-state index in [1.165, 1.54) is 0 Å². The van der Waals surface area contributed by atoms with Crippen LogP contribution in [0, 0.1) is 0 Å². The average Bonchev–Trinajstić information content (AvgIpc) is 2.79. The molecule has 1 unspecified atom stereocenters. The number of piperazine rings is 1. The average molecular weight is 477 g/mol. The summed E-state index contributed by atoms with van der Waals surface area (Å²) < 4.78 is 11.6. The van der Waals surface area contributed by atoms with Crippen molar-refractivity contribution in [3.8, 4) is 11.5 Å². The molecule has 1 saturated heterocycles. The van der Waals surface area contributed by atoms with Gasteiger partial charge in [-0.3, -0.25) is 9.69 Å². The molecule has 2 aromatic rings. The number of anilines is 1. The second-order valence-corrected chi connectivity index (χ2v) is 8.18. The number of carbonyl (C=O) groups is 1. The van der Waals surface area contributed by atoms with Gasteiger partial charge in [-0.05, 0) is 59.1 Å². The Morgan fingerprint density at radius 2 is 1.87 bits per heavy atom. The zero-order valence-electron chi connectivity index (χ0n) is 17.7. The van der Waals surface area contributed by atoms with E-state index in [-0.39, 0.29) is 11.9 Å². The van der Waals surface area contributed by atoms with Crippen LogP contribution in [0.15, 0.2) is 41.0 Å². The third-order valence-electron chi connectivity index (χ3n) is 5.44. The third kappa shape index (κ3) is 5.64. The highest BCUT2D eigenvalue weighted by Crippen LogP contribution is 2.27. The molecular formula is C22H29BrN4O3. The summed E-state index contributed by atoms with van der Waals surface area (Å²) in [5.74, 6) is 2.44. The Labute approximate surface area is 186 Å². The van der Waals surface area contributed by atoms with E-state index >= 15 is 0 Å². The molecule has 7 nitrogen and oxygen atoms in total. The predicted molar refractivity (Wildman–Crippen MR) is 121 cm³/mol. The summed E-state index contributed by atoms with van der Waals surface area (Å²) in [7, 11) is 3.24. The van der Waals surface area contributed by atoms with Crippen LogP contribution in [-0.4, -0.2) is 68.8 Å². The van der Waals surface area contributed by atoms with E-state index in [0.717, 1.165) is 48.5 Å². The highest BCUT2D eigenvalue weighted by molar-refractivity contribution is 9.10. The zero-order valence-corrected chi connectivity index (χ0v) is 19.3. The van der Waals surface area contributed by atoms with Crippen molar-refractivity contribution >= 4 is 27.7 Å². The van der Waals surface area contributed by atoms with Gasteiger partial charge < -0.3 is 19.7 Å². The van der Waals surface area contributed by atoms with Crippen molar-refractivity contribution in [1.29, 1.82) is 0 Å². The Morgan fingerprint density at radius 1 is 1.13 bits per heavy atom. The predicted octanol–water partition coefficient (Wildman–Crippen LogP) is 2.73. The van der Waals surface area contributed by atoms with Crippen molar-refractivity contribution in [3.05, 3.63) is 46.6 Å². The van der Waals surface area contributed by atoms with Crippen LogP contribution >= 0.6 is 15.9 Å². The lowest BCUT2D eigenvalue weighted by molar-refractivity contribution is -0.125. The molecular weight excluding hydrogens is 448 g/mol. The summed E-state index contributed by atoms with van der Waals surface area (Å²) in [6.07, 6.45) is 2.55. The van der Waals surface area contributed by atoms with Crippen molar-refractivity contribution in [1.82, 2.24) is 15.2 Å². The number of carbonyl (C=O) groups excluding carboxylic acids is 1. The van der Waals surface area contributed by atoms with Crippen molar-refractivity contribution in [2.45, 2.75) is 19.4 Å². The molecule has 1 fully saturated rings. The normalized spacial score (nSPS) is 15.5. The van der Waals surface area contributed by atoms with E-state index in [1.807, 2.05) is 43.5 Å². The number of halogens is 1. The fraction of sp³-hybridized carbons (Fsp3) is 0.455. The summed E-state index contributed by atoms with van der Waals surface area (Å²) in [5.41, 5.74) is 1.09. The largest absolute Gasteiger partial charge is 0.493 e. The standard InChI is InChI=1S/C22H29BrN4O3/c1-16(26-10-12-27(13-11-26)21-7-5-18(23)15-25-21)22(28)24-9-8-17-4-6-19(29-2)20(14-17)30-3/h4-7,14-16H,8-13H2,1-3H3,(H,24,28). The van der Waals surface area contributed by atoms with Gasteiger partial charge in [0.2, 0.25) is 5.91 Å². The number of pyridine rings is 1. The van der Waals surface area contributed by atoms with Gasteiger partial charge >= 0.3 is 0 Å². The molecule has 30 heavy (non-hydrogen) atoms. The van der Waals surface area contributed by atoms with Crippen LogP contribution in [0.2, 0.25) is 0 Å². The van der Waals surface area contributed by atoms with Crippen molar-refractivity contribution < 1.29 is 14.3 Å². The number of methoxy groups -OCH3 is 2. The number of hydrogen-bond acceptors (Lipinski definition) is 6. The molecule has 1 amide bonds. The lowest BCUT2D eigenvalue weighted by Gasteiger charge is -2.38. The summed E-state index contributed by atoms with van der Waals surface area (Å²) >= 11 is 3.42. The lowest BCUT2D eigenvalue weighted by atomic mass is 10.1. The zero-order chi connectivity index (χ0) is 21.5. The molecule has 1 aromatic heterocycles. The molecule has 1 N–H and O–H groups in total. The van der Waals surface area contributed by atoms with Crippen molar-refractivity contribution in [3.63, 3.8) is 0 Å². The first-order valence-electron chi connectivity index (χ1n) is 10.1. The molecule has 1 aromatic carbocycles. The molecule has 0 spiro atoms. The van der Waals surface area contributed by atoms with Crippen LogP contribution in [-0.2, 0) is 11.2 Å². The van der Waals surface area contributed by atoms with Gasteiger partial charge in [0, 0.05) is 43.4 Å². The van der Waals surface area contributed by atoms with Gasteiger partial charge in [0.15, 0.2) is 11.5 Å². The molecule has 1 atom stereocenters. The molecule has 0 aliphatic carbocycles. The van der Waals surface area contributed by atoms with Gasteiger partial charge in [-0.2, -0.15) is 0 Å². The second kappa shape index (κ2) is 10.6. The number of nitrogens with one attached hydrogen (secondary N) is 1. The minimum absolute atomic E-state index is 0.0608. The highest BCUT2D eigenvalue weighted by atomic mass is 79.9. The Hall–Kier alpha value is -2.32. The monoisotopic (exact) mass is 476 g/mol. The number of hydrogen-bond donors (Lipinski definition) is 1. The first-order valence-corrected chi connectivity index (χ1v) is 10.9. The molecule has 8 heteroatoms. The Kier molecular flexibility index (Phi) is 7.93. The van der Waals surface area contributed by atoms with Gasteiger partial charge in [-0.25, -0.2) is 4.98 Å². The summed E-state index contributed by atoms with van der Waals surface area (Å²) in [6.45, 7) is 5.94. The maximum Gasteiger partial charge on any atom is 0.237 e. The van der Waals surface area contributed by atoms with E-state index in [4.69, 9.17) is 9.47 Å². The van der Waals surface area contributed by atoms with Crippen LogP contribution < -0.4 is 19.7 Å². The van der Waals surface area contributed by atoms with Crippen LogP contribution in [0.25, 0.3) is 0 Å². The first-order chi connectivity index (χ1) is 14.5. The topological polar surface area (TPSA) is 66.9 Å². The number of ether oxygens (including phenoxy) is 2. The van der Waals surface area contributed by atoms with Crippen molar-refractivity contribution in [2.24, 2.45) is 0 Å². The van der Waals surface area contributed by atoms with E-state index < -0.39 is 0 Å². The highest BCUT2D eigenvalue weighted by Gasteiger charge is 2.25. The van der Waals surface area contributed by atoms with Gasteiger partial charge in [-0.1, -0.05) is 6.07 Å². The summed E-state index contributed by atoms with van der Waals surface area (Å²) in [4.78, 5) is 21.6. The number of amides is 1. The Bertz CT molecular complexity index is 839. The molecule has 0 radical (unpaired) electrons. The van der Waals surface area contributed by atoms with Crippen molar-refractivity contribution in [2.75, 3.05) is 51.8 Å². The van der Waals surface area contributed by atoms with Gasteiger partial charge in [0.25, 0.3) is 0 Å². The number of rotatable bonds is 8. The first kappa shape index (κ1) is 22.4. The lowest BCUT2D eigenvalue weighted by Crippen LogP contribution is -2.54. The van der Waals surface area contributed by atoms with E-state index in [1.54, 1.807) is 14.2 Å². The Morgan fingerprint density at radius 3 is 2.50 bits per heavy atom. The molecule has 0 bridgehead atoms. The minimum atomic E-state index is -0.157. The fourth-order valence-corrected chi connectivity index (χ4v) is 3.81. The van der Waals surface area contributed by atoms with Crippen LogP contribution in [0.4, 0.5) is 5.82 Å². The quantitative estimate of drug-likeness (QED) is 0.631. The number of benzene rings is 1. The van der Waals surface area contributed by atoms with Crippen LogP contribution in [0.3, 0.4) is 0 Å². The van der Waals surface area contributed by atoms with Gasteiger partial charge in [-0.15, -0.1) is 0 Å². The van der Waals surface area contributed by atoms with E-state index in [9.17, 15) is 4.79 Å².